The van der Waals surface area contributed by atoms with Crippen LogP contribution in [-0.4, -0.2) is 53.4 Å². The molecule has 0 aliphatic carbocycles. The highest BCUT2D eigenvalue weighted by atomic mass is 16.4. The molecule has 0 spiro atoms. The highest BCUT2D eigenvalue weighted by molar-refractivity contribution is 5.74. The maximum Gasteiger partial charge on any atom is 0.321 e. The maximum absolute atomic E-state index is 10.7. The Kier molecular flexibility index (Phi) is 7.36. The van der Waals surface area contributed by atoms with Crippen molar-refractivity contribution in [2.24, 2.45) is 0 Å². The first-order valence-electron chi connectivity index (χ1n) is 8.70. The van der Waals surface area contributed by atoms with Crippen LogP contribution in [0.5, 0.6) is 0 Å². The predicted octanol–water partition coefficient (Wildman–Crippen LogP) is 0.587. The average Bonchev–Trinajstić information content (AvgIpc) is 2.62. The number of carboxylic acid groups (broad SMARTS) is 2. The van der Waals surface area contributed by atoms with E-state index in [9.17, 15) is 9.59 Å². The first-order valence-corrected chi connectivity index (χ1v) is 8.70. The number of hydrogen-bond donors (Lipinski definition) is 5. The highest BCUT2D eigenvalue weighted by Gasteiger charge is 2.22. The molecule has 3 rings (SSSR count). The Balaban J connectivity index is 0.000000181. The van der Waals surface area contributed by atoms with Crippen LogP contribution in [0.15, 0.2) is 24.3 Å². The summed E-state index contributed by atoms with van der Waals surface area (Å²) >= 11 is 0. The van der Waals surface area contributed by atoms with E-state index in [-0.39, 0.29) is 0 Å². The van der Waals surface area contributed by atoms with Gasteiger partial charge in [0.1, 0.15) is 12.1 Å². The second-order valence-corrected chi connectivity index (χ2v) is 6.50. The van der Waals surface area contributed by atoms with Gasteiger partial charge in [-0.25, -0.2) is 0 Å². The first kappa shape index (κ1) is 19.4. The van der Waals surface area contributed by atoms with Crippen molar-refractivity contribution in [3.05, 3.63) is 35.4 Å². The zero-order valence-corrected chi connectivity index (χ0v) is 14.5. The quantitative estimate of drug-likeness (QED) is 0.541. The number of aliphatic carboxylic acids is 2. The van der Waals surface area contributed by atoms with Crippen LogP contribution in [0.3, 0.4) is 0 Å². The van der Waals surface area contributed by atoms with Crippen LogP contribution in [0.2, 0.25) is 0 Å². The summed E-state index contributed by atoms with van der Waals surface area (Å²) < 4.78 is 0. The summed E-state index contributed by atoms with van der Waals surface area (Å²) in [5, 5.41) is 26.7. The Hall–Kier alpha value is -1.96. The molecule has 5 N–H and O–H groups in total. The van der Waals surface area contributed by atoms with E-state index in [1.54, 1.807) is 6.92 Å². The average molecular weight is 349 g/mol. The van der Waals surface area contributed by atoms with Crippen molar-refractivity contribution < 1.29 is 19.8 Å². The summed E-state index contributed by atoms with van der Waals surface area (Å²) in [5.74, 6) is -1.54. The number of benzene rings is 1. The zero-order valence-electron chi connectivity index (χ0n) is 14.5. The monoisotopic (exact) mass is 349 g/mol. The lowest BCUT2D eigenvalue weighted by atomic mass is 9.96. The van der Waals surface area contributed by atoms with Gasteiger partial charge in [-0.1, -0.05) is 24.3 Å². The third-order valence-corrected chi connectivity index (χ3v) is 4.57. The third-order valence-electron chi connectivity index (χ3n) is 4.57. The van der Waals surface area contributed by atoms with Gasteiger partial charge >= 0.3 is 11.9 Å². The van der Waals surface area contributed by atoms with Crippen molar-refractivity contribution in [1.82, 2.24) is 16.0 Å². The molecule has 138 valence electrons. The Bertz CT molecular complexity index is 587. The van der Waals surface area contributed by atoms with Gasteiger partial charge in [-0.2, -0.15) is 0 Å². The molecule has 1 fully saturated rings. The van der Waals surface area contributed by atoms with E-state index in [1.807, 2.05) is 24.3 Å². The minimum atomic E-state index is -0.770. The molecule has 7 heteroatoms. The Labute approximate surface area is 147 Å². The normalized spacial score (nSPS) is 21.4. The van der Waals surface area contributed by atoms with Crippen LogP contribution in [0.4, 0.5) is 0 Å². The van der Waals surface area contributed by atoms with Gasteiger partial charge in [-0.05, 0) is 50.4 Å². The van der Waals surface area contributed by atoms with Crippen molar-refractivity contribution in [3.8, 4) is 0 Å². The van der Waals surface area contributed by atoms with Crippen LogP contribution in [0, 0.1) is 0 Å². The predicted molar refractivity (Wildman–Crippen MR) is 94.5 cm³/mol. The molecule has 0 bridgehead atoms. The molecule has 1 unspecified atom stereocenters. The van der Waals surface area contributed by atoms with Gasteiger partial charge in [0.15, 0.2) is 0 Å². The lowest BCUT2D eigenvalue weighted by molar-refractivity contribution is -0.140. The van der Waals surface area contributed by atoms with Crippen molar-refractivity contribution in [2.75, 3.05) is 13.1 Å². The summed E-state index contributed by atoms with van der Waals surface area (Å²) in [7, 11) is 0. The second-order valence-electron chi connectivity index (χ2n) is 6.50. The molecule has 0 saturated carbocycles. The molecule has 1 saturated heterocycles. The van der Waals surface area contributed by atoms with Crippen LogP contribution >= 0.6 is 0 Å². The molecule has 0 radical (unpaired) electrons. The first-order chi connectivity index (χ1) is 12.0. The van der Waals surface area contributed by atoms with E-state index in [1.165, 1.54) is 5.56 Å². The van der Waals surface area contributed by atoms with Gasteiger partial charge in [0.05, 0.1) is 0 Å². The van der Waals surface area contributed by atoms with Gasteiger partial charge in [-0.15, -0.1) is 0 Å². The van der Waals surface area contributed by atoms with Gasteiger partial charge in [0.25, 0.3) is 0 Å². The van der Waals surface area contributed by atoms with Crippen LogP contribution in [-0.2, 0) is 22.6 Å². The molecule has 1 aromatic rings. The van der Waals surface area contributed by atoms with Crippen LogP contribution < -0.4 is 16.0 Å². The standard InChI is InChI=1S/C10H11NO2.C8H16N2O2/c12-10(13)9-5-7-3-1-2-4-8(7)6-11-9;1-6(8(11)12)10-7-2-4-9-5-3-7/h1-4,9,11H,5-6H2,(H,12,13);6-7,9-10H,2-5H2,1H3,(H,11,12)/t;6-/m.0/s1. The van der Waals surface area contributed by atoms with Gasteiger partial charge in [0, 0.05) is 12.6 Å². The number of carboxylic acids is 2. The number of nitrogens with one attached hydrogen (secondary N) is 3. The second kappa shape index (κ2) is 9.50. The van der Waals surface area contributed by atoms with Gasteiger partial charge in [0.2, 0.25) is 0 Å². The SMILES string of the molecule is C[C@H](NC1CCNCC1)C(=O)O.O=C(O)C1Cc2ccccc2CN1. The van der Waals surface area contributed by atoms with Crippen molar-refractivity contribution in [1.29, 1.82) is 0 Å². The number of piperidine rings is 1. The maximum atomic E-state index is 10.7. The lowest BCUT2D eigenvalue weighted by Crippen LogP contribution is -2.46. The molecule has 2 aliphatic heterocycles. The van der Waals surface area contributed by atoms with Gasteiger partial charge < -0.3 is 26.2 Å². The number of hydrogen-bond acceptors (Lipinski definition) is 5. The number of rotatable bonds is 4. The molecular formula is C18H27N3O4. The van der Waals surface area contributed by atoms with E-state index < -0.39 is 24.0 Å². The molecule has 2 aliphatic rings. The molecule has 7 nitrogen and oxygen atoms in total. The largest absolute Gasteiger partial charge is 0.480 e. The van der Waals surface area contributed by atoms with Crippen molar-refractivity contribution >= 4 is 11.9 Å². The smallest absolute Gasteiger partial charge is 0.321 e. The summed E-state index contributed by atoms with van der Waals surface area (Å²) in [6, 6.07) is 7.47. The summed E-state index contributed by atoms with van der Waals surface area (Å²) in [4.78, 5) is 21.2. The molecule has 2 heterocycles. The van der Waals surface area contributed by atoms with Crippen molar-refractivity contribution in [3.63, 3.8) is 0 Å². The lowest BCUT2D eigenvalue weighted by Gasteiger charge is -2.25. The number of fused-ring (bicyclic) bond motifs is 1. The summed E-state index contributed by atoms with van der Waals surface area (Å²) in [5.41, 5.74) is 2.36. The van der Waals surface area contributed by atoms with E-state index in [0.717, 1.165) is 31.5 Å². The fourth-order valence-electron chi connectivity index (χ4n) is 3.04. The Morgan fingerprint density at radius 1 is 1.16 bits per heavy atom. The minimum absolute atomic E-state index is 0.373. The molecule has 2 atom stereocenters. The number of carbonyl (C=O) groups is 2. The highest BCUT2D eigenvalue weighted by Crippen LogP contribution is 2.15. The van der Waals surface area contributed by atoms with Gasteiger partial charge in [-0.3, -0.25) is 9.59 Å². The van der Waals surface area contributed by atoms with E-state index in [0.29, 0.717) is 19.0 Å². The molecule has 0 amide bonds. The minimum Gasteiger partial charge on any atom is -0.480 e. The fourth-order valence-corrected chi connectivity index (χ4v) is 3.04. The molecular weight excluding hydrogens is 322 g/mol. The molecule has 1 aromatic carbocycles. The molecule has 25 heavy (non-hydrogen) atoms. The Morgan fingerprint density at radius 2 is 1.80 bits per heavy atom. The van der Waals surface area contributed by atoms with E-state index >= 15 is 0 Å². The van der Waals surface area contributed by atoms with Crippen LogP contribution in [0.25, 0.3) is 0 Å². The zero-order chi connectivity index (χ0) is 18.2. The van der Waals surface area contributed by atoms with Crippen LogP contribution in [0.1, 0.15) is 30.9 Å². The molecule has 0 aromatic heterocycles. The third kappa shape index (κ3) is 6.12. The summed E-state index contributed by atoms with van der Waals surface area (Å²) in [6.07, 6.45) is 2.64. The van der Waals surface area contributed by atoms with E-state index in [2.05, 4.69) is 16.0 Å². The summed E-state index contributed by atoms with van der Waals surface area (Å²) in [6.45, 7) is 4.32. The topological polar surface area (TPSA) is 111 Å². The fraction of sp³-hybridized carbons (Fsp3) is 0.556. The Morgan fingerprint density at radius 3 is 2.40 bits per heavy atom. The van der Waals surface area contributed by atoms with Crippen molar-refractivity contribution in [2.45, 2.75) is 50.9 Å². The van der Waals surface area contributed by atoms with E-state index in [4.69, 9.17) is 10.2 Å².